The number of phenolic OH excluding ortho intramolecular Hbond substituents is 1. The van der Waals surface area contributed by atoms with E-state index in [0.29, 0.717) is 5.56 Å². The number of nitrogens with two attached hydrogens (primary N) is 3. The highest BCUT2D eigenvalue weighted by Crippen LogP contribution is 2.12. The molecule has 1 aromatic carbocycles. The van der Waals surface area contributed by atoms with Gasteiger partial charge in [0.25, 0.3) is 0 Å². The standard InChI is InChI=1S/C35H50N10O16S/c1-14(36)28(53)45-23(13-62)34(59)43-21(11-25(38)48)32(57)44-22(12-27(51)52)33(58)40-18(7-8-26(49)50)29(54)42-20(10-24(37)47)31(56)41-19(30(55)39-15(2)35(60)61)9-16-3-5-17(46)6-4-16/h3-6,14-15,18-23,46,62H,7-13,36H2,1-2H3,(H2,37,47)(H2,38,48)(H,39,55)(H,40,58)(H,41,56)(H,42,54)(H,43,59)(H,44,57)(H,45,53)(H,49,50)(H,51,52)(H,60,61)/t14-,15-,18-,19-,20-,21-,22-,23-/m0/s1. The molecule has 17 N–H and O–H groups in total. The van der Waals surface area contributed by atoms with E-state index in [-0.39, 0.29) is 17.9 Å². The molecule has 8 atom stereocenters. The normalized spacial score (nSPS) is 14.6. The number of hydrogen-bond acceptors (Lipinski definition) is 15. The van der Waals surface area contributed by atoms with Crippen LogP contribution >= 0.6 is 12.6 Å². The number of carboxylic acid groups (broad SMARTS) is 3. The van der Waals surface area contributed by atoms with Gasteiger partial charge in [0.2, 0.25) is 53.2 Å². The van der Waals surface area contributed by atoms with Crippen molar-refractivity contribution >= 4 is 83.7 Å². The third kappa shape index (κ3) is 19.4. The van der Waals surface area contributed by atoms with Crippen LogP contribution in [0.3, 0.4) is 0 Å². The van der Waals surface area contributed by atoms with Crippen LogP contribution in [0.2, 0.25) is 0 Å². The summed E-state index contributed by atoms with van der Waals surface area (Å²) in [6.07, 6.45) is -4.98. The van der Waals surface area contributed by atoms with E-state index in [1.54, 1.807) is 0 Å². The van der Waals surface area contributed by atoms with Gasteiger partial charge >= 0.3 is 17.9 Å². The van der Waals surface area contributed by atoms with Gasteiger partial charge in [-0.25, -0.2) is 0 Å². The van der Waals surface area contributed by atoms with Crippen LogP contribution in [-0.2, 0) is 64.0 Å². The zero-order valence-corrected chi connectivity index (χ0v) is 34.1. The molecule has 0 saturated heterocycles. The van der Waals surface area contributed by atoms with E-state index in [0.717, 1.165) is 6.92 Å². The molecule has 0 aliphatic carbocycles. The van der Waals surface area contributed by atoms with Crippen LogP contribution in [0.1, 0.15) is 51.5 Å². The van der Waals surface area contributed by atoms with Gasteiger partial charge in [0.05, 0.1) is 25.3 Å². The fourth-order valence-corrected chi connectivity index (χ4v) is 5.31. The minimum Gasteiger partial charge on any atom is -0.508 e. The van der Waals surface area contributed by atoms with Crippen molar-refractivity contribution in [3.63, 3.8) is 0 Å². The number of nitrogens with one attached hydrogen (secondary N) is 7. The van der Waals surface area contributed by atoms with E-state index in [4.69, 9.17) is 17.2 Å². The third-order valence-electron chi connectivity index (χ3n) is 8.34. The average molecular weight is 899 g/mol. The molecular formula is C35H50N10O16S. The van der Waals surface area contributed by atoms with Crippen LogP contribution in [0.15, 0.2) is 24.3 Å². The van der Waals surface area contributed by atoms with Crippen molar-refractivity contribution in [3.05, 3.63) is 29.8 Å². The van der Waals surface area contributed by atoms with E-state index in [1.807, 2.05) is 5.32 Å². The third-order valence-corrected chi connectivity index (χ3v) is 8.70. The summed E-state index contributed by atoms with van der Waals surface area (Å²) >= 11 is 3.97. The Morgan fingerprint density at radius 2 is 0.935 bits per heavy atom. The van der Waals surface area contributed by atoms with Gasteiger partial charge in [-0.3, -0.25) is 57.5 Å². The molecule has 1 rings (SSSR count). The Balaban J connectivity index is 3.44. The quantitative estimate of drug-likeness (QED) is 0.0365. The molecule has 0 bridgehead atoms. The van der Waals surface area contributed by atoms with E-state index < -0.39 is 152 Å². The molecule has 0 fully saturated rings. The maximum atomic E-state index is 13.6. The molecule has 0 spiro atoms. The minimum absolute atomic E-state index is 0.149. The molecule has 0 aromatic heterocycles. The van der Waals surface area contributed by atoms with Crippen molar-refractivity contribution in [2.45, 2.75) is 101 Å². The first-order valence-corrected chi connectivity index (χ1v) is 19.0. The first-order valence-electron chi connectivity index (χ1n) is 18.3. The SMILES string of the molecule is C[C@H](N)C(=O)N[C@@H](CS)C(=O)N[C@@H](CC(N)=O)C(=O)N[C@@H](CC(=O)O)C(=O)N[C@@H](CCC(=O)O)C(=O)N[C@@H](CC(N)=O)C(=O)N[C@@H](Cc1ccc(O)cc1)C(=O)N[C@@H](C)C(=O)O. The molecule has 0 aliphatic heterocycles. The van der Waals surface area contributed by atoms with Gasteiger partial charge in [0, 0.05) is 18.6 Å². The van der Waals surface area contributed by atoms with Crippen molar-refractivity contribution in [2.24, 2.45) is 17.2 Å². The number of hydrogen-bond donors (Lipinski definition) is 15. The number of aromatic hydroxyl groups is 1. The molecule has 0 unspecified atom stereocenters. The van der Waals surface area contributed by atoms with E-state index in [2.05, 4.69) is 44.5 Å². The van der Waals surface area contributed by atoms with Gasteiger partial charge in [-0.15, -0.1) is 0 Å². The Labute approximate surface area is 357 Å². The Morgan fingerprint density at radius 1 is 0.548 bits per heavy atom. The van der Waals surface area contributed by atoms with E-state index in [1.165, 1.54) is 31.2 Å². The van der Waals surface area contributed by atoms with Crippen LogP contribution in [0.5, 0.6) is 5.75 Å². The predicted molar refractivity (Wildman–Crippen MR) is 213 cm³/mol. The van der Waals surface area contributed by atoms with E-state index >= 15 is 0 Å². The van der Waals surface area contributed by atoms with Gasteiger partial charge in [-0.1, -0.05) is 12.1 Å². The average Bonchev–Trinajstić information content (AvgIpc) is 3.16. The topological polar surface area (TPSA) is 448 Å². The second-order valence-corrected chi connectivity index (χ2v) is 14.0. The number of amides is 9. The summed E-state index contributed by atoms with van der Waals surface area (Å²) in [5.74, 6) is -15.8. The molecule has 27 heteroatoms. The molecular weight excluding hydrogens is 849 g/mol. The van der Waals surface area contributed by atoms with Gasteiger partial charge in [-0.2, -0.15) is 12.6 Å². The van der Waals surface area contributed by atoms with Gasteiger partial charge in [0.15, 0.2) is 0 Å². The lowest BCUT2D eigenvalue weighted by Gasteiger charge is -2.27. The summed E-state index contributed by atoms with van der Waals surface area (Å²) < 4.78 is 0. The molecule has 0 aliphatic rings. The van der Waals surface area contributed by atoms with Gasteiger partial charge in [0.1, 0.15) is 48.0 Å². The largest absolute Gasteiger partial charge is 0.508 e. The second-order valence-electron chi connectivity index (χ2n) is 13.6. The van der Waals surface area contributed by atoms with Crippen LogP contribution in [0.25, 0.3) is 0 Å². The highest BCUT2D eigenvalue weighted by atomic mass is 32.1. The maximum absolute atomic E-state index is 13.6. The van der Waals surface area contributed by atoms with Crippen LogP contribution in [-0.4, -0.2) is 146 Å². The highest BCUT2D eigenvalue weighted by Gasteiger charge is 2.35. The fraction of sp³-hybridized carbons (Fsp3) is 0.486. The summed E-state index contributed by atoms with van der Waals surface area (Å²) in [4.78, 5) is 151. The molecule has 342 valence electrons. The zero-order chi connectivity index (χ0) is 47.4. The van der Waals surface area contributed by atoms with Crippen LogP contribution in [0, 0.1) is 0 Å². The molecule has 1 aromatic rings. The van der Waals surface area contributed by atoms with Crippen molar-refractivity contribution in [1.29, 1.82) is 0 Å². The molecule has 0 radical (unpaired) electrons. The second kappa shape index (κ2) is 25.6. The minimum atomic E-state index is -2.11. The summed E-state index contributed by atoms with van der Waals surface area (Å²) in [5.41, 5.74) is 16.4. The lowest BCUT2D eigenvalue weighted by molar-refractivity contribution is -0.142. The van der Waals surface area contributed by atoms with Gasteiger partial charge in [-0.05, 0) is 38.0 Å². The molecule has 0 saturated carbocycles. The van der Waals surface area contributed by atoms with Crippen LogP contribution in [0.4, 0.5) is 0 Å². The number of thiol groups is 1. The Bertz CT molecular complexity index is 1860. The fourth-order valence-electron chi connectivity index (χ4n) is 5.05. The number of rotatable bonds is 27. The lowest BCUT2D eigenvalue weighted by Crippen LogP contribution is -2.61. The number of primary amides is 2. The number of phenols is 1. The summed E-state index contributed by atoms with van der Waals surface area (Å²) in [5, 5.41) is 52.8. The van der Waals surface area contributed by atoms with Crippen molar-refractivity contribution < 1.29 is 78.0 Å². The lowest BCUT2D eigenvalue weighted by atomic mass is 10.0. The molecule has 62 heavy (non-hydrogen) atoms. The van der Waals surface area contributed by atoms with E-state index in [9.17, 15) is 78.0 Å². The van der Waals surface area contributed by atoms with Crippen molar-refractivity contribution in [3.8, 4) is 5.75 Å². The summed E-state index contributed by atoms with van der Waals surface area (Å²) in [6, 6.07) is -8.13. The van der Waals surface area contributed by atoms with Crippen LogP contribution < -0.4 is 54.4 Å². The number of carbonyl (C=O) groups excluding carboxylic acids is 9. The number of benzene rings is 1. The smallest absolute Gasteiger partial charge is 0.325 e. The zero-order valence-electron chi connectivity index (χ0n) is 33.2. The molecule has 26 nitrogen and oxygen atoms in total. The maximum Gasteiger partial charge on any atom is 0.325 e. The first kappa shape index (κ1) is 53.0. The monoisotopic (exact) mass is 898 g/mol. The Kier molecular flexibility index (Phi) is 21.8. The summed E-state index contributed by atoms with van der Waals surface area (Å²) in [6.45, 7) is 2.43. The predicted octanol–water partition coefficient (Wildman–Crippen LogP) is -6.20. The number of aliphatic carboxylic acids is 3. The van der Waals surface area contributed by atoms with Gasteiger partial charge < -0.3 is 74.8 Å². The Hall–Kier alpha value is -7.03. The highest BCUT2D eigenvalue weighted by molar-refractivity contribution is 7.80. The number of carbonyl (C=O) groups is 12. The molecule has 0 heterocycles. The Morgan fingerprint density at radius 3 is 1.34 bits per heavy atom. The first-order chi connectivity index (χ1) is 28.8. The van der Waals surface area contributed by atoms with Crippen molar-refractivity contribution in [1.82, 2.24) is 37.2 Å². The molecule has 9 amide bonds. The number of carboxylic acids is 3. The van der Waals surface area contributed by atoms with Crippen molar-refractivity contribution in [2.75, 3.05) is 5.75 Å². The summed E-state index contributed by atoms with van der Waals surface area (Å²) in [7, 11) is 0.